The Bertz CT molecular complexity index is 448. The molecule has 2 N–H and O–H groups in total. The van der Waals surface area contributed by atoms with Gasteiger partial charge in [0.05, 0.1) is 0 Å². The van der Waals surface area contributed by atoms with Gasteiger partial charge in [0.15, 0.2) is 0 Å². The number of ketones is 1. The molecule has 4 heteroatoms. The van der Waals surface area contributed by atoms with Crippen molar-refractivity contribution < 1.29 is 9.18 Å². The van der Waals surface area contributed by atoms with Gasteiger partial charge in [0.1, 0.15) is 11.6 Å². The number of carbonyl (C=O) groups is 1. The summed E-state index contributed by atoms with van der Waals surface area (Å²) in [6.07, 6.45) is 2.44. The molecule has 0 saturated heterocycles. The minimum atomic E-state index is -0.316. The van der Waals surface area contributed by atoms with Gasteiger partial charge >= 0.3 is 0 Å². The zero-order chi connectivity index (χ0) is 15.1. The molecule has 1 aromatic rings. The molecular formula is C16H23BrFNO. The van der Waals surface area contributed by atoms with E-state index in [1.807, 2.05) is 0 Å². The van der Waals surface area contributed by atoms with E-state index in [0.29, 0.717) is 30.4 Å². The van der Waals surface area contributed by atoms with Gasteiger partial charge in [-0.1, -0.05) is 29.8 Å². The second-order valence-electron chi connectivity index (χ2n) is 5.57. The molecule has 112 valence electrons. The first-order valence-corrected chi connectivity index (χ1v) is 7.89. The van der Waals surface area contributed by atoms with Crippen LogP contribution < -0.4 is 5.73 Å². The van der Waals surface area contributed by atoms with Gasteiger partial charge in [0.25, 0.3) is 0 Å². The highest BCUT2D eigenvalue weighted by atomic mass is 79.9. The zero-order valence-electron chi connectivity index (χ0n) is 12.2. The molecule has 1 atom stereocenters. The Morgan fingerprint density at radius 1 is 1.35 bits per heavy atom. The summed E-state index contributed by atoms with van der Waals surface area (Å²) in [5.41, 5.74) is 6.06. The maximum atomic E-state index is 13.6. The lowest BCUT2D eigenvalue weighted by Gasteiger charge is -2.19. The summed E-state index contributed by atoms with van der Waals surface area (Å²) in [5, 5.41) is 0. The molecule has 0 aromatic heterocycles. The first kappa shape index (κ1) is 17.3. The van der Waals surface area contributed by atoms with E-state index in [-0.39, 0.29) is 18.0 Å². The van der Waals surface area contributed by atoms with Gasteiger partial charge in [-0.15, -0.1) is 0 Å². The Morgan fingerprint density at radius 3 is 2.65 bits per heavy atom. The molecule has 0 bridgehead atoms. The molecule has 1 rings (SSSR count). The number of halogens is 2. The summed E-state index contributed by atoms with van der Waals surface area (Å²) >= 11 is 3.30. The summed E-state index contributed by atoms with van der Waals surface area (Å²) in [5.74, 6) is 0.763. The third-order valence-corrected chi connectivity index (χ3v) is 4.16. The lowest BCUT2D eigenvalue weighted by Crippen LogP contribution is -2.16. The smallest absolute Gasteiger partial charge is 0.137 e. The van der Waals surface area contributed by atoms with Gasteiger partial charge in [0.2, 0.25) is 0 Å². The van der Waals surface area contributed by atoms with E-state index in [2.05, 4.69) is 29.8 Å². The van der Waals surface area contributed by atoms with E-state index in [0.717, 1.165) is 17.3 Å². The van der Waals surface area contributed by atoms with Crippen molar-refractivity contribution in [2.24, 2.45) is 17.6 Å². The molecule has 0 aliphatic heterocycles. The Kier molecular flexibility index (Phi) is 7.38. The highest BCUT2D eigenvalue weighted by Crippen LogP contribution is 2.22. The number of hydrogen-bond donors (Lipinski definition) is 1. The van der Waals surface area contributed by atoms with E-state index >= 15 is 0 Å². The van der Waals surface area contributed by atoms with Crippen LogP contribution in [0.25, 0.3) is 0 Å². The van der Waals surface area contributed by atoms with Crippen LogP contribution in [0.3, 0.4) is 0 Å². The fraction of sp³-hybridized carbons (Fsp3) is 0.562. The fourth-order valence-electron chi connectivity index (χ4n) is 2.35. The molecule has 0 radical (unpaired) electrons. The van der Waals surface area contributed by atoms with Crippen molar-refractivity contribution in [1.82, 2.24) is 0 Å². The summed E-state index contributed by atoms with van der Waals surface area (Å²) in [6.45, 7) is 4.95. The number of Topliss-reactive ketones (excluding diaryl/α,β-unsaturated/α-hetero) is 1. The lowest BCUT2D eigenvalue weighted by atomic mass is 9.87. The van der Waals surface area contributed by atoms with Crippen LogP contribution in [0.1, 0.15) is 38.7 Å². The van der Waals surface area contributed by atoms with Crippen molar-refractivity contribution in [1.29, 1.82) is 0 Å². The van der Waals surface area contributed by atoms with Crippen LogP contribution in [0.15, 0.2) is 22.7 Å². The topological polar surface area (TPSA) is 43.1 Å². The average Bonchev–Trinajstić information content (AvgIpc) is 2.38. The minimum absolute atomic E-state index is 0.0877. The minimum Gasteiger partial charge on any atom is -0.330 e. The van der Waals surface area contributed by atoms with Crippen LogP contribution in [0.2, 0.25) is 0 Å². The molecule has 0 fully saturated rings. The second-order valence-corrected chi connectivity index (χ2v) is 6.49. The normalized spacial score (nSPS) is 12.7. The van der Waals surface area contributed by atoms with Crippen LogP contribution in [0, 0.1) is 17.7 Å². The molecule has 1 unspecified atom stereocenters. The van der Waals surface area contributed by atoms with Crippen LogP contribution in [-0.2, 0) is 11.2 Å². The van der Waals surface area contributed by atoms with Crippen LogP contribution >= 0.6 is 15.9 Å². The summed E-state index contributed by atoms with van der Waals surface area (Å²) in [4.78, 5) is 12.0. The molecule has 2 nitrogen and oxygen atoms in total. The Balaban J connectivity index is 2.53. The first-order valence-electron chi connectivity index (χ1n) is 7.09. The molecule has 0 amide bonds. The first-order chi connectivity index (χ1) is 9.43. The Hall–Kier alpha value is -0.740. The van der Waals surface area contributed by atoms with E-state index in [1.54, 1.807) is 12.1 Å². The van der Waals surface area contributed by atoms with E-state index in [9.17, 15) is 9.18 Å². The predicted molar refractivity (Wildman–Crippen MR) is 84.0 cm³/mol. The zero-order valence-corrected chi connectivity index (χ0v) is 13.7. The molecular weight excluding hydrogens is 321 g/mol. The van der Waals surface area contributed by atoms with Gasteiger partial charge < -0.3 is 5.73 Å². The highest BCUT2D eigenvalue weighted by molar-refractivity contribution is 9.10. The summed E-state index contributed by atoms with van der Waals surface area (Å²) in [7, 11) is 0. The van der Waals surface area contributed by atoms with E-state index < -0.39 is 0 Å². The molecule has 0 aliphatic carbocycles. The SMILES string of the molecule is CC(C)C(CCN)CCC(=O)Cc1cc(Br)ccc1F. The molecule has 20 heavy (non-hydrogen) atoms. The van der Waals surface area contributed by atoms with Crippen molar-refractivity contribution in [3.8, 4) is 0 Å². The number of nitrogens with two attached hydrogens (primary N) is 1. The second kappa shape index (κ2) is 8.53. The largest absolute Gasteiger partial charge is 0.330 e. The van der Waals surface area contributed by atoms with Gasteiger partial charge in [-0.25, -0.2) is 4.39 Å². The van der Waals surface area contributed by atoms with Crippen LogP contribution in [0.4, 0.5) is 4.39 Å². The maximum Gasteiger partial charge on any atom is 0.137 e. The average molecular weight is 344 g/mol. The number of carbonyl (C=O) groups excluding carboxylic acids is 1. The van der Waals surface area contributed by atoms with Crippen molar-refractivity contribution in [2.45, 2.75) is 39.5 Å². The van der Waals surface area contributed by atoms with E-state index in [1.165, 1.54) is 6.07 Å². The maximum absolute atomic E-state index is 13.6. The quantitative estimate of drug-likeness (QED) is 0.772. The molecule has 0 heterocycles. The van der Waals surface area contributed by atoms with Gasteiger partial charge in [-0.2, -0.15) is 0 Å². The van der Waals surface area contributed by atoms with Gasteiger partial charge in [-0.05, 0) is 55.0 Å². The number of rotatable bonds is 8. The van der Waals surface area contributed by atoms with Crippen molar-refractivity contribution in [3.63, 3.8) is 0 Å². The molecule has 0 saturated carbocycles. The standard InChI is InChI=1S/C16H23BrFNO/c1-11(2)12(7-8-19)3-5-15(20)10-13-9-14(17)4-6-16(13)18/h4,6,9,11-12H,3,5,7-8,10,19H2,1-2H3. The molecule has 1 aromatic carbocycles. The number of benzene rings is 1. The summed E-state index contributed by atoms with van der Waals surface area (Å²) < 4.78 is 14.4. The molecule has 0 spiro atoms. The fourth-order valence-corrected chi connectivity index (χ4v) is 2.76. The van der Waals surface area contributed by atoms with Crippen LogP contribution in [-0.4, -0.2) is 12.3 Å². The van der Waals surface area contributed by atoms with E-state index in [4.69, 9.17) is 5.73 Å². The Morgan fingerprint density at radius 2 is 2.05 bits per heavy atom. The van der Waals surface area contributed by atoms with Gasteiger partial charge in [-0.3, -0.25) is 4.79 Å². The van der Waals surface area contributed by atoms with Crippen molar-refractivity contribution >= 4 is 21.7 Å². The summed E-state index contributed by atoms with van der Waals surface area (Å²) in [6, 6.07) is 4.70. The molecule has 0 aliphatic rings. The van der Waals surface area contributed by atoms with Crippen molar-refractivity contribution in [3.05, 3.63) is 34.1 Å². The predicted octanol–water partition coefficient (Wildman–Crippen LogP) is 4.10. The third kappa shape index (κ3) is 5.71. The van der Waals surface area contributed by atoms with Crippen LogP contribution in [0.5, 0.6) is 0 Å². The van der Waals surface area contributed by atoms with Crippen molar-refractivity contribution in [2.75, 3.05) is 6.54 Å². The van der Waals surface area contributed by atoms with Gasteiger partial charge in [0, 0.05) is 17.3 Å². The lowest BCUT2D eigenvalue weighted by molar-refractivity contribution is -0.118. The third-order valence-electron chi connectivity index (χ3n) is 3.67. The highest BCUT2D eigenvalue weighted by Gasteiger charge is 2.15. The number of hydrogen-bond acceptors (Lipinski definition) is 2. The Labute approximate surface area is 129 Å². The monoisotopic (exact) mass is 343 g/mol.